The molecule has 4 heteroatoms. The third-order valence-electron chi connectivity index (χ3n) is 3.45. The minimum atomic E-state index is 0.561. The summed E-state index contributed by atoms with van der Waals surface area (Å²) in [4.78, 5) is 9.12. The molecule has 0 aromatic carbocycles. The van der Waals surface area contributed by atoms with Crippen LogP contribution in [0.25, 0.3) is 0 Å². The van der Waals surface area contributed by atoms with Crippen molar-refractivity contribution in [2.24, 2.45) is 5.92 Å². The SMILES string of the molecule is CNc1nc(C2CC2)nc(OCC2CC2)c1C. The summed E-state index contributed by atoms with van der Waals surface area (Å²) in [7, 11) is 1.90. The van der Waals surface area contributed by atoms with E-state index in [2.05, 4.69) is 15.3 Å². The highest BCUT2D eigenvalue weighted by atomic mass is 16.5. The Morgan fingerprint density at radius 2 is 2.00 bits per heavy atom. The number of nitrogens with one attached hydrogen (secondary N) is 1. The fraction of sp³-hybridized carbons (Fsp3) is 0.692. The zero-order chi connectivity index (χ0) is 11.8. The van der Waals surface area contributed by atoms with E-state index in [9.17, 15) is 0 Å². The molecule has 0 aliphatic heterocycles. The summed E-state index contributed by atoms with van der Waals surface area (Å²) in [5.41, 5.74) is 1.03. The first kappa shape index (κ1) is 10.8. The summed E-state index contributed by atoms with van der Waals surface area (Å²) in [6.07, 6.45) is 5.04. The Balaban J connectivity index is 1.84. The number of hydrogen-bond donors (Lipinski definition) is 1. The van der Waals surface area contributed by atoms with Gasteiger partial charge in [-0.3, -0.25) is 0 Å². The fourth-order valence-corrected chi connectivity index (χ4v) is 1.90. The van der Waals surface area contributed by atoms with Gasteiger partial charge >= 0.3 is 0 Å². The van der Waals surface area contributed by atoms with Crippen molar-refractivity contribution in [1.82, 2.24) is 9.97 Å². The monoisotopic (exact) mass is 233 g/mol. The molecule has 1 aromatic heterocycles. The molecule has 0 spiro atoms. The van der Waals surface area contributed by atoms with Crippen LogP contribution in [0.4, 0.5) is 5.82 Å². The molecule has 2 fully saturated rings. The van der Waals surface area contributed by atoms with Crippen molar-refractivity contribution in [1.29, 1.82) is 0 Å². The molecule has 2 aliphatic carbocycles. The molecule has 1 N–H and O–H groups in total. The van der Waals surface area contributed by atoms with Crippen LogP contribution in [-0.4, -0.2) is 23.6 Å². The number of rotatable bonds is 5. The molecule has 1 heterocycles. The molecule has 2 aliphatic rings. The van der Waals surface area contributed by atoms with Crippen molar-refractivity contribution in [2.75, 3.05) is 19.0 Å². The highest BCUT2D eigenvalue weighted by Gasteiger charge is 2.29. The Bertz CT molecular complexity index is 425. The molecule has 4 nitrogen and oxygen atoms in total. The van der Waals surface area contributed by atoms with Gasteiger partial charge in [0.15, 0.2) is 0 Å². The van der Waals surface area contributed by atoms with E-state index in [-0.39, 0.29) is 0 Å². The van der Waals surface area contributed by atoms with Gasteiger partial charge in [0, 0.05) is 13.0 Å². The normalized spacial score (nSPS) is 19.2. The van der Waals surface area contributed by atoms with Gasteiger partial charge in [0.2, 0.25) is 5.88 Å². The molecule has 3 rings (SSSR count). The molecule has 2 saturated carbocycles. The highest BCUT2D eigenvalue weighted by molar-refractivity contribution is 5.48. The maximum atomic E-state index is 5.83. The van der Waals surface area contributed by atoms with E-state index < -0.39 is 0 Å². The minimum Gasteiger partial charge on any atom is -0.477 e. The van der Waals surface area contributed by atoms with E-state index in [1.807, 2.05) is 14.0 Å². The lowest BCUT2D eigenvalue weighted by Crippen LogP contribution is -2.08. The van der Waals surface area contributed by atoms with Gasteiger partial charge in [0.25, 0.3) is 0 Å². The maximum Gasteiger partial charge on any atom is 0.221 e. The van der Waals surface area contributed by atoms with Gasteiger partial charge in [-0.25, -0.2) is 4.98 Å². The zero-order valence-corrected chi connectivity index (χ0v) is 10.5. The topological polar surface area (TPSA) is 47.0 Å². The minimum absolute atomic E-state index is 0.561. The predicted octanol–water partition coefficient (Wildman–Crippen LogP) is 2.49. The Hall–Kier alpha value is -1.32. The van der Waals surface area contributed by atoms with E-state index in [1.54, 1.807) is 0 Å². The average Bonchev–Trinajstić information content (AvgIpc) is 3.18. The second kappa shape index (κ2) is 4.17. The number of nitrogens with zero attached hydrogens (tertiary/aromatic N) is 2. The number of aromatic nitrogens is 2. The Morgan fingerprint density at radius 3 is 2.59 bits per heavy atom. The van der Waals surface area contributed by atoms with Gasteiger partial charge < -0.3 is 10.1 Å². The van der Waals surface area contributed by atoms with Crippen LogP contribution in [0.2, 0.25) is 0 Å². The smallest absolute Gasteiger partial charge is 0.221 e. The Kier molecular flexibility index (Phi) is 2.65. The van der Waals surface area contributed by atoms with E-state index >= 15 is 0 Å². The zero-order valence-electron chi connectivity index (χ0n) is 10.5. The van der Waals surface area contributed by atoms with Crippen LogP contribution < -0.4 is 10.1 Å². The molecule has 0 atom stereocenters. The van der Waals surface area contributed by atoms with E-state index in [4.69, 9.17) is 4.74 Å². The molecule has 92 valence electrons. The molecule has 0 bridgehead atoms. The van der Waals surface area contributed by atoms with Crippen molar-refractivity contribution < 1.29 is 4.74 Å². The molecule has 0 unspecified atom stereocenters. The highest BCUT2D eigenvalue weighted by Crippen LogP contribution is 2.40. The summed E-state index contributed by atoms with van der Waals surface area (Å²) >= 11 is 0. The van der Waals surface area contributed by atoms with Crippen LogP contribution >= 0.6 is 0 Å². The van der Waals surface area contributed by atoms with E-state index in [1.165, 1.54) is 25.7 Å². The number of anilines is 1. The van der Waals surface area contributed by atoms with Crippen molar-refractivity contribution >= 4 is 5.82 Å². The third kappa shape index (κ3) is 2.35. The lowest BCUT2D eigenvalue weighted by molar-refractivity contribution is 0.285. The van der Waals surface area contributed by atoms with Crippen molar-refractivity contribution in [3.8, 4) is 5.88 Å². The van der Waals surface area contributed by atoms with Crippen molar-refractivity contribution in [3.05, 3.63) is 11.4 Å². The Labute approximate surface area is 102 Å². The largest absolute Gasteiger partial charge is 0.477 e. The summed E-state index contributed by atoms with van der Waals surface area (Å²) in [6, 6.07) is 0. The standard InChI is InChI=1S/C13H19N3O/c1-8-11(14-2)15-12(10-5-6-10)16-13(8)17-7-9-3-4-9/h9-10H,3-7H2,1-2H3,(H,14,15,16). The van der Waals surface area contributed by atoms with E-state index in [0.29, 0.717) is 5.92 Å². The van der Waals surface area contributed by atoms with Gasteiger partial charge in [-0.1, -0.05) is 0 Å². The summed E-state index contributed by atoms with van der Waals surface area (Å²) < 4.78 is 5.83. The molecule has 0 amide bonds. The quantitative estimate of drug-likeness (QED) is 0.848. The number of ether oxygens (including phenoxy) is 1. The second-order valence-electron chi connectivity index (χ2n) is 5.14. The summed E-state index contributed by atoms with van der Waals surface area (Å²) in [5.74, 6) is 3.95. The molecule has 1 aromatic rings. The van der Waals surface area contributed by atoms with Crippen LogP contribution in [0.5, 0.6) is 5.88 Å². The van der Waals surface area contributed by atoms with Gasteiger partial charge in [-0.2, -0.15) is 4.98 Å². The first-order valence-electron chi connectivity index (χ1n) is 6.47. The average molecular weight is 233 g/mol. The van der Waals surface area contributed by atoms with Crippen molar-refractivity contribution in [2.45, 2.75) is 38.5 Å². The molecule has 17 heavy (non-hydrogen) atoms. The van der Waals surface area contributed by atoms with Gasteiger partial charge in [-0.15, -0.1) is 0 Å². The molecular formula is C13H19N3O. The Morgan fingerprint density at radius 1 is 1.24 bits per heavy atom. The third-order valence-corrected chi connectivity index (χ3v) is 3.45. The number of hydrogen-bond acceptors (Lipinski definition) is 4. The van der Waals surface area contributed by atoms with Gasteiger partial charge in [-0.05, 0) is 38.5 Å². The first-order chi connectivity index (χ1) is 8.28. The van der Waals surface area contributed by atoms with E-state index in [0.717, 1.165) is 35.6 Å². The van der Waals surface area contributed by atoms with Crippen LogP contribution in [0.1, 0.15) is 43.0 Å². The van der Waals surface area contributed by atoms with Crippen LogP contribution in [0, 0.1) is 12.8 Å². The van der Waals surface area contributed by atoms with Crippen LogP contribution in [0.15, 0.2) is 0 Å². The second-order valence-corrected chi connectivity index (χ2v) is 5.14. The maximum absolute atomic E-state index is 5.83. The van der Waals surface area contributed by atoms with Gasteiger partial charge in [0.05, 0.1) is 12.2 Å². The van der Waals surface area contributed by atoms with Crippen LogP contribution in [0.3, 0.4) is 0 Å². The first-order valence-corrected chi connectivity index (χ1v) is 6.47. The van der Waals surface area contributed by atoms with Crippen molar-refractivity contribution in [3.63, 3.8) is 0 Å². The summed E-state index contributed by atoms with van der Waals surface area (Å²) in [6.45, 7) is 2.83. The van der Waals surface area contributed by atoms with Gasteiger partial charge in [0.1, 0.15) is 11.6 Å². The summed E-state index contributed by atoms with van der Waals surface area (Å²) in [5, 5.41) is 3.13. The molecule has 0 radical (unpaired) electrons. The lowest BCUT2D eigenvalue weighted by Gasteiger charge is -2.12. The molecular weight excluding hydrogens is 214 g/mol. The predicted molar refractivity (Wildman–Crippen MR) is 66.5 cm³/mol. The van der Waals surface area contributed by atoms with Crippen LogP contribution in [-0.2, 0) is 0 Å². The fourth-order valence-electron chi connectivity index (χ4n) is 1.90. The lowest BCUT2D eigenvalue weighted by atomic mass is 10.3. The molecule has 0 saturated heterocycles.